The maximum absolute atomic E-state index is 12.1. The average molecular weight is 248 g/mol. The van der Waals surface area contributed by atoms with Gasteiger partial charge in [-0.2, -0.15) is 0 Å². The highest BCUT2D eigenvalue weighted by atomic mass is 16.1. The standard InChI is InChI=1S/C15H24N2O/c1-10-6-7-13(12(3)11(10)2)14(18)17-9-15(4,5)8-16/h6-7H,8-9,16H2,1-5H3,(H,17,18). The van der Waals surface area contributed by atoms with Crippen molar-refractivity contribution in [1.29, 1.82) is 0 Å². The van der Waals surface area contributed by atoms with Crippen LogP contribution in [0.25, 0.3) is 0 Å². The molecule has 0 saturated heterocycles. The van der Waals surface area contributed by atoms with Crippen molar-refractivity contribution < 1.29 is 4.79 Å². The van der Waals surface area contributed by atoms with Gasteiger partial charge in [0, 0.05) is 12.1 Å². The van der Waals surface area contributed by atoms with Crippen LogP contribution in [0.4, 0.5) is 0 Å². The second kappa shape index (κ2) is 5.53. The van der Waals surface area contributed by atoms with Gasteiger partial charge in [0.2, 0.25) is 0 Å². The van der Waals surface area contributed by atoms with Crippen molar-refractivity contribution >= 4 is 5.91 Å². The number of hydrogen-bond donors (Lipinski definition) is 2. The van der Waals surface area contributed by atoms with Crippen molar-refractivity contribution in [1.82, 2.24) is 5.32 Å². The molecule has 1 aromatic rings. The lowest BCUT2D eigenvalue weighted by Crippen LogP contribution is -2.38. The first-order chi connectivity index (χ1) is 8.28. The zero-order valence-corrected chi connectivity index (χ0v) is 12.1. The van der Waals surface area contributed by atoms with Crippen LogP contribution in [0.15, 0.2) is 12.1 Å². The summed E-state index contributed by atoms with van der Waals surface area (Å²) < 4.78 is 0. The molecular formula is C15H24N2O. The minimum absolute atomic E-state index is 0.0166. The lowest BCUT2D eigenvalue weighted by atomic mass is 9.93. The molecule has 0 atom stereocenters. The van der Waals surface area contributed by atoms with E-state index in [-0.39, 0.29) is 11.3 Å². The molecule has 0 aromatic heterocycles. The Kier molecular flexibility index (Phi) is 4.52. The van der Waals surface area contributed by atoms with E-state index in [4.69, 9.17) is 5.73 Å². The van der Waals surface area contributed by atoms with Crippen LogP contribution < -0.4 is 11.1 Å². The van der Waals surface area contributed by atoms with Crippen LogP contribution in [0.1, 0.15) is 40.9 Å². The Bertz CT molecular complexity index is 450. The van der Waals surface area contributed by atoms with E-state index in [9.17, 15) is 4.79 Å². The maximum Gasteiger partial charge on any atom is 0.251 e. The normalized spacial score (nSPS) is 11.4. The summed E-state index contributed by atoms with van der Waals surface area (Å²) >= 11 is 0. The fraction of sp³-hybridized carbons (Fsp3) is 0.533. The van der Waals surface area contributed by atoms with Crippen molar-refractivity contribution in [3.05, 3.63) is 34.4 Å². The third-order valence-corrected chi connectivity index (χ3v) is 3.58. The molecule has 1 aromatic carbocycles. The van der Waals surface area contributed by atoms with Gasteiger partial charge in [0.15, 0.2) is 0 Å². The van der Waals surface area contributed by atoms with Gasteiger partial charge in [-0.05, 0) is 55.5 Å². The van der Waals surface area contributed by atoms with E-state index in [1.54, 1.807) is 0 Å². The van der Waals surface area contributed by atoms with E-state index in [0.29, 0.717) is 13.1 Å². The molecule has 0 spiro atoms. The average Bonchev–Trinajstić information content (AvgIpc) is 2.33. The molecule has 18 heavy (non-hydrogen) atoms. The molecule has 0 aliphatic heterocycles. The molecule has 0 aliphatic rings. The van der Waals surface area contributed by atoms with Crippen LogP contribution in [0, 0.1) is 26.2 Å². The smallest absolute Gasteiger partial charge is 0.251 e. The largest absolute Gasteiger partial charge is 0.351 e. The molecule has 3 N–H and O–H groups in total. The van der Waals surface area contributed by atoms with E-state index < -0.39 is 0 Å². The minimum atomic E-state index is -0.0662. The van der Waals surface area contributed by atoms with E-state index in [0.717, 1.165) is 11.1 Å². The number of amides is 1. The van der Waals surface area contributed by atoms with Gasteiger partial charge in [0.05, 0.1) is 0 Å². The van der Waals surface area contributed by atoms with Crippen molar-refractivity contribution in [3.8, 4) is 0 Å². The van der Waals surface area contributed by atoms with Crippen molar-refractivity contribution in [2.24, 2.45) is 11.1 Å². The van der Waals surface area contributed by atoms with E-state index in [1.165, 1.54) is 11.1 Å². The Hall–Kier alpha value is -1.35. The van der Waals surface area contributed by atoms with Gasteiger partial charge in [0.1, 0.15) is 0 Å². The second-order valence-electron chi connectivity index (χ2n) is 5.73. The molecule has 0 saturated carbocycles. The van der Waals surface area contributed by atoms with E-state index in [1.807, 2.05) is 39.8 Å². The molecule has 0 aliphatic carbocycles. The molecule has 0 heterocycles. The summed E-state index contributed by atoms with van der Waals surface area (Å²) in [6, 6.07) is 3.88. The van der Waals surface area contributed by atoms with Gasteiger partial charge in [-0.25, -0.2) is 0 Å². The number of carbonyl (C=O) groups is 1. The Morgan fingerprint density at radius 1 is 1.22 bits per heavy atom. The fourth-order valence-electron chi connectivity index (χ4n) is 1.69. The van der Waals surface area contributed by atoms with Gasteiger partial charge in [-0.3, -0.25) is 4.79 Å². The summed E-state index contributed by atoms with van der Waals surface area (Å²) in [5.41, 5.74) is 9.79. The number of carbonyl (C=O) groups excluding carboxylic acids is 1. The summed E-state index contributed by atoms with van der Waals surface area (Å²) in [5, 5.41) is 2.96. The summed E-state index contributed by atoms with van der Waals surface area (Å²) in [5.74, 6) is -0.0166. The van der Waals surface area contributed by atoms with E-state index >= 15 is 0 Å². The molecule has 3 nitrogen and oxygen atoms in total. The molecule has 0 fully saturated rings. The van der Waals surface area contributed by atoms with Gasteiger partial charge in [-0.1, -0.05) is 19.9 Å². The SMILES string of the molecule is Cc1ccc(C(=O)NCC(C)(C)CN)c(C)c1C. The van der Waals surface area contributed by atoms with Crippen LogP contribution in [-0.4, -0.2) is 19.0 Å². The molecular weight excluding hydrogens is 224 g/mol. The van der Waals surface area contributed by atoms with Gasteiger partial charge in [-0.15, -0.1) is 0 Å². The van der Waals surface area contributed by atoms with Crippen LogP contribution in [-0.2, 0) is 0 Å². The molecule has 100 valence electrons. The summed E-state index contributed by atoms with van der Waals surface area (Å²) in [4.78, 5) is 12.1. The van der Waals surface area contributed by atoms with Gasteiger partial charge < -0.3 is 11.1 Å². The van der Waals surface area contributed by atoms with Crippen LogP contribution in [0.2, 0.25) is 0 Å². The lowest BCUT2D eigenvalue weighted by Gasteiger charge is -2.23. The molecule has 0 bridgehead atoms. The summed E-state index contributed by atoms with van der Waals surface area (Å²) in [6.45, 7) is 11.3. The number of nitrogens with two attached hydrogens (primary N) is 1. The first-order valence-electron chi connectivity index (χ1n) is 6.33. The maximum atomic E-state index is 12.1. The highest BCUT2D eigenvalue weighted by molar-refractivity contribution is 5.96. The monoisotopic (exact) mass is 248 g/mol. The van der Waals surface area contributed by atoms with Gasteiger partial charge in [0.25, 0.3) is 5.91 Å². The van der Waals surface area contributed by atoms with Crippen LogP contribution >= 0.6 is 0 Å². The van der Waals surface area contributed by atoms with Crippen molar-refractivity contribution in [2.45, 2.75) is 34.6 Å². The first kappa shape index (κ1) is 14.7. The Morgan fingerprint density at radius 2 is 1.83 bits per heavy atom. The first-order valence-corrected chi connectivity index (χ1v) is 6.33. The third kappa shape index (κ3) is 3.33. The minimum Gasteiger partial charge on any atom is -0.351 e. The number of aryl methyl sites for hydroxylation is 1. The third-order valence-electron chi connectivity index (χ3n) is 3.58. The van der Waals surface area contributed by atoms with Gasteiger partial charge >= 0.3 is 0 Å². The fourth-order valence-corrected chi connectivity index (χ4v) is 1.69. The second-order valence-corrected chi connectivity index (χ2v) is 5.73. The number of benzene rings is 1. The molecule has 0 radical (unpaired) electrons. The summed E-state index contributed by atoms with van der Waals surface area (Å²) in [7, 11) is 0. The Labute approximate surface area is 110 Å². The summed E-state index contributed by atoms with van der Waals surface area (Å²) in [6.07, 6.45) is 0. The predicted molar refractivity (Wildman–Crippen MR) is 75.8 cm³/mol. The number of nitrogens with one attached hydrogen (secondary N) is 1. The predicted octanol–water partition coefficient (Wildman–Crippen LogP) is 2.33. The lowest BCUT2D eigenvalue weighted by molar-refractivity contribution is 0.0937. The Balaban J connectivity index is 2.83. The zero-order valence-electron chi connectivity index (χ0n) is 12.1. The highest BCUT2D eigenvalue weighted by Crippen LogP contribution is 2.17. The molecule has 3 heteroatoms. The topological polar surface area (TPSA) is 55.1 Å². The number of hydrogen-bond acceptors (Lipinski definition) is 2. The van der Waals surface area contributed by atoms with E-state index in [2.05, 4.69) is 12.2 Å². The highest BCUT2D eigenvalue weighted by Gasteiger charge is 2.18. The Morgan fingerprint density at radius 3 is 2.39 bits per heavy atom. The quantitative estimate of drug-likeness (QED) is 0.859. The number of rotatable bonds is 4. The van der Waals surface area contributed by atoms with Crippen LogP contribution in [0.5, 0.6) is 0 Å². The van der Waals surface area contributed by atoms with Crippen molar-refractivity contribution in [2.75, 3.05) is 13.1 Å². The molecule has 1 rings (SSSR count). The van der Waals surface area contributed by atoms with Crippen molar-refractivity contribution in [3.63, 3.8) is 0 Å². The zero-order chi connectivity index (χ0) is 13.9. The molecule has 1 amide bonds. The molecule has 0 unspecified atom stereocenters. The van der Waals surface area contributed by atoms with Crippen LogP contribution in [0.3, 0.4) is 0 Å².